The van der Waals surface area contributed by atoms with Crippen LogP contribution in [0.5, 0.6) is 0 Å². The van der Waals surface area contributed by atoms with Crippen LogP contribution < -0.4 is 10.2 Å². The summed E-state index contributed by atoms with van der Waals surface area (Å²) in [6.07, 6.45) is 0. The van der Waals surface area contributed by atoms with Gasteiger partial charge in [0.25, 0.3) is 5.69 Å². The highest BCUT2D eigenvalue weighted by Gasteiger charge is 2.22. The summed E-state index contributed by atoms with van der Waals surface area (Å²) in [6.45, 7) is -0.394. The van der Waals surface area contributed by atoms with Crippen LogP contribution in [0.2, 0.25) is 0 Å². The van der Waals surface area contributed by atoms with Crippen LogP contribution in [0, 0.1) is 10.1 Å². The Bertz CT molecular complexity index is 562. The second-order valence-electron chi connectivity index (χ2n) is 4.52. The van der Waals surface area contributed by atoms with Crippen LogP contribution in [0.15, 0.2) is 24.3 Å². The van der Waals surface area contributed by atoms with E-state index in [0.29, 0.717) is 0 Å². The standard InChI is InChI=1S/C13H17N3O6/c1-15(10-5-3-4-6-11(10)16(20)21)7-12(17)14-9(8-22-2)13(18)19/h3-6,9H,7-8H2,1-2H3,(H,14,17)(H,18,19). The lowest BCUT2D eigenvalue weighted by Gasteiger charge is -2.20. The maximum atomic E-state index is 11.9. The number of hydrogen-bond acceptors (Lipinski definition) is 6. The zero-order valence-electron chi connectivity index (χ0n) is 12.2. The first-order valence-corrected chi connectivity index (χ1v) is 6.32. The highest BCUT2D eigenvalue weighted by molar-refractivity contribution is 5.87. The number of amides is 1. The number of carbonyl (C=O) groups excluding carboxylic acids is 1. The van der Waals surface area contributed by atoms with Gasteiger partial charge in [0.1, 0.15) is 5.69 Å². The number of aliphatic carboxylic acids is 1. The van der Waals surface area contributed by atoms with Gasteiger partial charge < -0.3 is 20.1 Å². The van der Waals surface area contributed by atoms with Crippen LogP contribution in [0.1, 0.15) is 0 Å². The summed E-state index contributed by atoms with van der Waals surface area (Å²) in [5, 5.41) is 22.2. The molecule has 0 spiro atoms. The summed E-state index contributed by atoms with van der Waals surface area (Å²) in [5.41, 5.74) is 0.130. The molecule has 0 aliphatic carbocycles. The predicted octanol–water partition coefficient (Wildman–Crippen LogP) is 0.247. The molecule has 0 heterocycles. The fourth-order valence-electron chi connectivity index (χ4n) is 1.82. The summed E-state index contributed by atoms with van der Waals surface area (Å²) in [6, 6.07) is 4.80. The van der Waals surface area contributed by atoms with E-state index < -0.39 is 22.8 Å². The van der Waals surface area contributed by atoms with Gasteiger partial charge in [-0.1, -0.05) is 12.1 Å². The number of ether oxygens (including phenoxy) is 1. The van der Waals surface area contributed by atoms with Crippen molar-refractivity contribution < 1.29 is 24.4 Å². The Morgan fingerprint density at radius 2 is 2.09 bits per heavy atom. The van der Waals surface area contributed by atoms with Crippen LogP contribution in [0.25, 0.3) is 0 Å². The molecule has 0 saturated carbocycles. The first-order chi connectivity index (χ1) is 10.4. The zero-order valence-corrected chi connectivity index (χ0v) is 12.2. The molecule has 0 saturated heterocycles. The summed E-state index contributed by atoms with van der Waals surface area (Å²) < 4.78 is 4.71. The molecule has 0 bridgehead atoms. The van der Waals surface area contributed by atoms with Gasteiger partial charge in [-0.05, 0) is 6.07 Å². The van der Waals surface area contributed by atoms with Gasteiger partial charge in [-0.2, -0.15) is 0 Å². The van der Waals surface area contributed by atoms with Crippen molar-refractivity contribution in [1.29, 1.82) is 0 Å². The molecular weight excluding hydrogens is 294 g/mol. The van der Waals surface area contributed by atoms with E-state index in [1.165, 1.54) is 37.3 Å². The Hall–Kier alpha value is -2.68. The van der Waals surface area contributed by atoms with E-state index in [2.05, 4.69) is 5.32 Å². The number of nitrogens with one attached hydrogen (secondary N) is 1. The van der Waals surface area contributed by atoms with E-state index in [0.717, 1.165) is 0 Å². The third-order valence-corrected chi connectivity index (χ3v) is 2.84. The van der Waals surface area contributed by atoms with Crippen LogP contribution in [0.4, 0.5) is 11.4 Å². The van der Waals surface area contributed by atoms with Crippen molar-refractivity contribution in [2.75, 3.05) is 32.2 Å². The minimum atomic E-state index is -1.22. The number of nitro groups is 1. The predicted molar refractivity (Wildman–Crippen MR) is 77.8 cm³/mol. The number of benzene rings is 1. The monoisotopic (exact) mass is 311 g/mol. The molecule has 0 aliphatic rings. The van der Waals surface area contributed by atoms with Crippen LogP contribution in [-0.4, -0.2) is 55.3 Å². The van der Waals surface area contributed by atoms with Crippen molar-refractivity contribution in [3.05, 3.63) is 34.4 Å². The van der Waals surface area contributed by atoms with Crippen molar-refractivity contribution >= 4 is 23.3 Å². The Labute approximate surface area is 126 Å². The van der Waals surface area contributed by atoms with Gasteiger partial charge in [-0.25, -0.2) is 4.79 Å². The third kappa shape index (κ3) is 4.70. The molecule has 1 aromatic rings. The van der Waals surface area contributed by atoms with Crippen molar-refractivity contribution in [3.8, 4) is 0 Å². The summed E-state index contributed by atoms with van der Waals surface area (Å²) >= 11 is 0. The molecule has 9 heteroatoms. The molecule has 0 radical (unpaired) electrons. The number of likely N-dealkylation sites (N-methyl/N-ethyl adjacent to an activating group) is 1. The number of carboxylic acid groups (broad SMARTS) is 1. The average molecular weight is 311 g/mol. The Morgan fingerprint density at radius 3 is 2.64 bits per heavy atom. The number of carboxylic acids is 1. The van der Waals surface area contributed by atoms with Gasteiger partial charge in [0.15, 0.2) is 6.04 Å². The first kappa shape index (κ1) is 17.4. The molecule has 0 aliphatic heterocycles. The number of para-hydroxylation sites is 2. The molecule has 22 heavy (non-hydrogen) atoms. The van der Waals surface area contributed by atoms with Gasteiger partial charge in [0, 0.05) is 20.2 Å². The number of methoxy groups -OCH3 is 1. The summed E-state index contributed by atoms with van der Waals surface area (Å²) in [5.74, 6) is -1.80. The van der Waals surface area contributed by atoms with Gasteiger partial charge in [0.2, 0.25) is 5.91 Å². The topological polar surface area (TPSA) is 122 Å². The van der Waals surface area contributed by atoms with Gasteiger partial charge >= 0.3 is 5.97 Å². The molecule has 2 N–H and O–H groups in total. The van der Waals surface area contributed by atoms with Crippen molar-refractivity contribution in [2.24, 2.45) is 0 Å². The average Bonchev–Trinajstić information content (AvgIpc) is 2.46. The molecule has 1 atom stereocenters. The van der Waals surface area contributed by atoms with E-state index in [9.17, 15) is 19.7 Å². The van der Waals surface area contributed by atoms with E-state index in [-0.39, 0.29) is 24.5 Å². The molecular formula is C13H17N3O6. The zero-order chi connectivity index (χ0) is 16.7. The highest BCUT2D eigenvalue weighted by atomic mass is 16.6. The Balaban J connectivity index is 2.76. The number of anilines is 1. The fraction of sp³-hybridized carbons (Fsp3) is 0.385. The van der Waals surface area contributed by atoms with E-state index in [1.54, 1.807) is 6.07 Å². The van der Waals surface area contributed by atoms with Gasteiger partial charge in [-0.15, -0.1) is 0 Å². The lowest BCUT2D eigenvalue weighted by atomic mass is 10.2. The van der Waals surface area contributed by atoms with Crippen LogP contribution in [-0.2, 0) is 14.3 Å². The maximum absolute atomic E-state index is 11.9. The number of rotatable bonds is 8. The number of carbonyl (C=O) groups is 2. The molecule has 1 aromatic carbocycles. The maximum Gasteiger partial charge on any atom is 0.328 e. The molecule has 1 rings (SSSR count). The molecule has 0 fully saturated rings. The normalized spacial score (nSPS) is 11.5. The largest absolute Gasteiger partial charge is 0.480 e. The highest BCUT2D eigenvalue weighted by Crippen LogP contribution is 2.26. The molecule has 1 unspecified atom stereocenters. The fourth-order valence-corrected chi connectivity index (χ4v) is 1.82. The lowest BCUT2D eigenvalue weighted by Crippen LogP contribution is -2.47. The molecule has 9 nitrogen and oxygen atoms in total. The second kappa shape index (κ2) is 7.93. The van der Waals surface area contributed by atoms with E-state index in [4.69, 9.17) is 9.84 Å². The van der Waals surface area contributed by atoms with Crippen molar-refractivity contribution in [1.82, 2.24) is 5.32 Å². The quantitative estimate of drug-likeness (QED) is 0.521. The van der Waals surface area contributed by atoms with Crippen LogP contribution >= 0.6 is 0 Å². The minimum absolute atomic E-state index is 0.135. The SMILES string of the molecule is COCC(NC(=O)CN(C)c1ccccc1[N+](=O)[O-])C(=O)O. The van der Waals surface area contributed by atoms with Crippen molar-refractivity contribution in [3.63, 3.8) is 0 Å². The van der Waals surface area contributed by atoms with Gasteiger partial charge in [-0.3, -0.25) is 14.9 Å². The smallest absolute Gasteiger partial charge is 0.328 e. The van der Waals surface area contributed by atoms with Gasteiger partial charge in [0.05, 0.1) is 18.1 Å². The van der Waals surface area contributed by atoms with Crippen molar-refractivity contribution in [2.45, 2.75) is 6.04 Å². The van der Waals surface area contributed by atoms with E-state index in [1.807, 2.05) is 0 Å². The number of nitro benzene ring substituents is 1. The summed E-state index contributed by atoms with van der Waals surface area (Å²) in [4.78, 5) is 34.6. The number of nitrogens with zero attached hydrogens (tertiary/aromatic N) is 2. The Kier molecular flexibility index (Phi) is 6.26. The number of hydrogen-bond donors (Lipinski definition) is 2. The summed E-state index contributed by atoms with van der Waals surface area (Å²) in [7, 11) is 2.83. The first-order valence-electron chi connectivity index (χ1n) is 6.32. The van der Waals surface area contributed by atoms with E-state index >= 15 is 0 Å². The Morgan fingerprint density at radius 1 is 1.45 bits per heavy atom. The second-order valence-corrected chi connectivity index (χ2v) is 4.52. The molecule has 1 amide bonds. The van der Waals surface area contributed by atoms with Crippen LogP contribution in [0.3, 0.4) is 0 Å². The third-order valence-electron chi connectivity index (χ3n) is 2.84. The minimum Gasteiger partial charge on any atom is -0.480 e. The molecule has 120 valence electrons. The molecule has 0 aromatic heterocycles. The lowest BCUT2D eigenvalue weighted by molar-refractivity contribution is -0.384.